The minimum absolute atomic E-state index is 0.153. The molecule has 0 atom stereocenters. The van der Waals surface area contributed by atoms with Crippen molar-refractivity contribution in [3.05, 3.63) is 106 Å². The van der Waals surface area contributed by atoms with Crippen LogP contribution in [0.5, 0.6) is 0 Å². The molecule has 1 amide bonds. The van der Waals surface area contributed by atoms with E-state index in [2.05, 4.69) is 5.32 Å². The highest BCUT2D eigenvalue weighted by Crippen LogP contribution is 2.26. The summed E-state index contributed by atoms with van der Waals surface area (Å²) in [5.74, 6) is -1.16. The van der Waals surface area contributed by atoms with Crippen molar-refractivity contribution in [3.63, 3.8) is 0 Å². The lowest BCUT2D eigenvalue weighted by Gasteiger charge is -2.11. The Morgan fingerprint density at radius 3 is 2.45 bits per heavy atom. The fourth-order valence-corrected chi connectivity index (χ4v) is 3.98. The molecule has 1 aromatic heterocycles. The van der Waals surface area contributed by atoms with Crippen LogP contribution in [0.4, 0.5) is 0 Å². The number of carbonyl (C=O) groups is 2. The van der Waals surface area contributed by atoms with Crippen molar-refractivity contribution in [2.45, 2.75) is 13.0 Å². The van der Waals surface area contributed by atoms with Crippen LogP contribution in [0.1, 0.15) is 37.5 Å². The van der Waals surface area contributed by atoms with E-state index in [0.717, 1.165) is 22.0 Å². The highest BCUT2D eigenvalue weighted by atomic mass is 35.5. The predicted octanol–water partition coefficient (Wildman–Crippen LogP) is 4.99. The fraction of sp³-hybridized carbons (Fsp3) is 0.120. The van der Waals surface area contributed by atoms with Gasteiger partial charge >= 0.3 is 5.97 Å². The van der Waals surface area contributed by atoms with Crippen molar-refractivity contribution >= 4 is 34.4 Å². The molecule has 0 unspecified atom stereocenters. The molecule has 0 fully saturated rings. The number of hydrogen-bond acceptors (Lipinski definition) is 2. The molecule has 0 bridgehead atoms. The summed E-state index contributed by atoms with van der Waals surface area (Å²) in [6.07, 6.45) is 0.452. The molecule has 1 heterocycles. The fourth-order valence-electron chi connectivity index (χ4n) is 3.80. The summed E-state index contributed by atoms with van der Waals surface area (Å²) in [6, 6.07) is 22.7. The van der Waals surface area contributed by atoms with Crippen molar-refractivity contribution in [3.8, 4) is 0 Å². The minimum Gasteiger partial charge on any atom is -0.478 e. The summed E-state index contributed by atoms with van der Waals surface area (Å²) < 4.78 is 2.00. The SMILES string of the molecule is CNC(=O)c1cc2cc(Cc3ccc(Cl)cc3C(=O)O)ccc2n1Cc1ccccc1. The molecule has 5 nitrogen and oxygen atoms in total. The van der Waals surface area contributed by atoms with Gasteiger partial charge < -0.3 is 15.0 Å². The number of carboxylic acid groups (broad SMARTS) is 1. The van der Waals surface area contributed by atoms with Gasteiger partial charge in [-0.15, -0.1) is 0 Å². The van der Waals surface area contributed by atoms with Crippen LogP contribution in [0.25, 0.3) is 10.9 Å². The molecular weight excluding hydrogens is 412 g/mol. The first-order valence-corrected chi connectivity index (χ1v) is 10.2. The third-order valence-electron chi connectivity index (χ3n) is 5.31. The van der Waals surface area contributed by atoms with Crippen LogP contribution in [0.15, 0.2) is 72.8 Å². The van der Waals surface area contributed by atoms with Gasteiger partial charge in [0.25, 0.3) is 5.91 Å². The molecule has 4 aromatic rings. The summed E-state index contributed by atoms with van der Waals surface area (Å²) in [7, 11) is 1.62. The molecule has 0 radical (unpaired) electrons. The number of aromatic nitrogens is 1. The van der Waals surface area contributed by atoms with Crippen molar-refractivity contribution in [1.82, 2.24) is 9.88 Å². The Morgan fingerprint density at radius 1 is 0.968 bits per heavy atom. The van der Waals surface area contributed by atoms with Gasteiger partial charge in [0, 0.05) is 29.5 Å². The van der Waals surface area contributed by atoms with Gasteiger partial charge in [-0.25, -0.2) is 4.79 Å². The van der Waals surface area contributed by atoms with Gasteiger partial charge in [-0.3, -0.25) is 4.79 Å². The van der Waals surface area contributed by atoms with Crippen molar-refractivity contribution in [2.75, 3.05) is 7.05 Å². The number of rotatable bonds is 6. The maximum Gasteiger partial charge on any atom is 0.336 e. The summed E-state index contributed by atoms with van der Waals surface area (Å²) in [5.41, 5.74) is 4.46. The van der Waals surface area contributed by atoms with Gasteiger partial charge in [0.1, 0.15) is 5.69 Å². The lowest BCUT2D eigenvalue weighted by atomic mass is 9.99. The smallest absolute Gasteiger partial charge is 0.336 e. The molecule has 0 saturated carbocycles. The molecule has 0 aliphatic rings. The number of nitrogens with one attached hydrogen (secondary N) is 1. The van der Waals surface area contributed by atoms with Crippen LogP contribution in [0, 0.1) is 0 Å². The van der Waals surface area contributed by atoms with Crippen LogP contribution in [-0.2, 0) is 13.0 Å². The number of hydrogen-bond donors (Lipinski definition) is 2. The molecule has 3 aromatic carbocycles. The van der Waals surface area contributed by atoms with E-state index in [1.165, 1.54) is 6.07 Å². The summed E-state index contributed by atoms with van der Waals surface area (Å²) >= 11 is 5.97. The second-order valence-electron chi connectivity index (χ2n) is 7.36. The van der Waals surface area contributed by atoms with Crippen LogP contribution >= 0.6 is 11.6 Å². The molecule has 156 valence electrons. The molecular formula is C25H21ClN2O3. The number of amides is 1. The molecule has 0 saturated heterocycles. The van der Waals surface area contributed by atoms with Gasteiger partial charge in [-0.1, -0.05) is 54.1 Å². The first kappa shape index (κ1) is 20.7. The van der Waals surface area contributed by atoms with Crippen molar-refractivity contribution < 1.29 is 14.7 Å². The van der Waals surface area contributed by atoms with Crippen molar-refractivity contribution in [1.29, 1.82) is 0 Å². The Hall–Kier alpha value is -3.57. The average Bonchev–Trinajstić information content (AvgIpc) is 3.12. The monoisotopic (exact) mass is 432 g/mol. The zero-order valence-corrected chi connectivity index (χ0v) is 17.7. The summed E-state index contributed by atoms with van der Waals surface area (Å²) in [4.78, 5) is 24.1. The molecule has 4 rings (SSSR count). The normalized spacial score (nSPS) is 10.9. The molecule has 0 spiro atoms. The van der Waals surface area contributed by atoms with Gasteiger partial charge in [0.05, 0.1) is 5.56 Å². The lowest BCUT2D eigenvalue weighted by molar-refractivity contribution is 0.0695. The highest BCUT2D eigenvalue weighted by Gasteiger charge is 2.16. The average molecular weight is 433 g/mol. The Kier molecular flexibility index (Phi) is 5.78. The number of carbonyl (C=O) groups excluding carboxylic acids is 1. The highest BCUT2D eigenvalue weighted by molar-refractivity contribution is 6.31. The number of carboxylic acids is 1. The van der Waals surface area contributed by atoms with Gasteiger partial charge in [-0.2, -0.15) is 0 Å². The number of nitrogens with zero attached hydrogens (tertiary/aromatic N) is 1. The van der Waals surface area contributed by atoms with Gasteiger partial charge in [0.15, 0.2) is 0 Å². The van der Waals surface area contributed by atoms with E-state index >= 15 is 0 Å². The number of halogens is 1. The Morgan fingerprint density at radius 2 is 1.74 bits per heavy atom. The molecule has 2 N–H and O–H groups in total. The second-order valence-corrected chi connectivity index (χ2v) is 7.79. The van der Waals surface area contributed by atoms with E-state index in [1.807, 2.05) is 59.2 Å². The summed E-state index contributed by atoms with van der Waals surface area (Å²) in [5, 5.41) is 13.5. The molecule has 31 heavy (non-hydrogen) atoms. The topological polar surface area (TPSA) is 71.3 Å². The van der Waals surface area contributed by atoms with Crippen molar-refractivity contribution in [2.24, 2.45) is 0 Å². The Labute approximate surface area is 184 Å². The van der Waals surface area contributed by atoms with E-state index in [-0.39, 0.29) is 11.5 Å². The zero-order valence-electron chi connectivity index (χ0n) is 16.9. The molecule has 0 aliphatic carbocycles. The summed E-state index contributed by atoms with van der Waals surface area (Å²) in [6.45, 7) is 0.576. The van der Waals surface area contributed by atoms with Crippen LogP contribution < -0.4 is 5.32 Å². The van der Waals surface area contributed by atoms with Gasteiger partial charge in [0.2, 0.25) is 0 Å². The standard InChI is InChI=1S/C25H21ClN2O3/c1-27-24(29)23-13-19-12-17(11-18-8-9-20(26)14-21(18)25(30)31)7-10-22(19)28(23)15-16-5-3-2-4-6-16/h2-10,12-14H,11,15H2,1H3,(H,27,29)(H,30,31). The molecule has 0 aliphatic heterocycles. The van der Waals surface area contributed by atoms with Gasteiger partial charge in [-0.05, 0) is 53.4 Å². The third-order valence-corrected chi connectivity index (χ3v) is 5.54. The van der Waals surface area contributed by atoms with E-state index in [9.17, 15) is 14.7 Å². The second kappa shape index (κ2) is 8.66. The van der Waals surface area contributed by atoms with Crippen LogP contribution in [0.3, 0.4) is 0 Å². The first-order chi connectivity index (χ1) is 15.0. The quantitative estimate of drug-likeness (QED) is 0.450. The third kappa shape index (κ3) is 4.32. The lowest BCUT2D eigenvalue weighted by Crippen LogP contribution is -2.21. The minimum atomic E-state index is -1.01. The molecule has 6 heteroatoms. The number of aromatic carboxylic acids is 1. The Balaban J connectivity index is 1.75. The van der Waals surface area contributed by atoms with E-state index < -0.39 is 5.97 Å². The van der Waals surface area contributed by atoms with E-state index in [0.29, 0.717) is 29.2 Å². The number of fused-ring (bicyclic) bond motifs is 1. The number of benzene rings is 3. The Bertz CT molecular complexity index is 1280. The predicted molar refractivity (Wildman–Crippen MR) is 122 cm³/mol. The van der Waals surface area contributed by atoms with Crippen LogP contribution in [0.2, 0.25) is 5.02 Å². The van der Waals surface area contributed by atoms with Crippen LogP contribution in [-0.4, -0.2) is 28.6 Å². The van der Waals surface area contributed by atoms with E-state index in [1.54, 1.807) is 19.2 Å². The maximum atomic E-state index is 12.5. The van der Waals surface area contributed by atoms with E-state index in [4.69, 9.17) is 11.6 Å². The maximum absolute atomic E-state index is 12.5. The zero-order chi connectivity index (χ0) is 22.0. The largest absolute Gasteiger partial charge is 0.478 e. The first-order valence-electron chi connectivity index (χ1n) is 9.86.